The van der Waals surface area contributed by atoms with Crippen molar-refractivity contribution in [3.05, 3.63) is 84.9 Å². The molecule has 3 aromatic carbocycles. The molecule has 0 spiro atoms. The van der Waals surface area contributed by atoms with Crippen LogP contribution in [0.3, 0.4) is 0 Å². The number of anilines is 1. The summed E-state index contributed by atoms with van der Waals surface area (Å²) >= 11 is 0. The summed E-state index contributed by atoms with van der Waals surface area (Å²) in [6.07, 6.45) is 0. The zero-order chi connectivity index (χ0) is 16.4. The molecule has 5 heteroatoms. The molecule has 0 saturated heterocycles. The Bertz CT molecular complexity index is 1020. The van der Waals surface area contributed by atoms with Gasteiger partial charge in [-0.2, -0.15) is 4.36 Å². The number of benzene rings is 3. The topological polar surface area (TPSA) is 53.8 Å². The van der Waals surface area contributed by atoms with E-state index >= 15 is 0 Å². The molecule has 1 unspecified atom stereocenters. The number of nitrogens with zero attached hydrogens (tertiary/aromatic N) is 2. The van der Waals surface area contributed by atoms with Crippen LogP contribution in [0.1, 0.15) is 0 Å². The number of hydrogen-bond donors (Lipinski definition) is 1. The zero-order valence-electron chi connectivity index (χ0n) is 12.8. The Hall–Kier alpha value is -2.92. The van der Waals surface area contributed by atoms with E-state index in [9.17, 15) is 4.21 Å². The Morgan fingerprint density at radius 3 is 2.12 bits per heavy atom. The molecule has 0 fully saturated rings. The smallest absolute Gasteiger partial charge is 0.236 e. The molecule has 0 saturated carbocycles. The zero-order valence-corrected chi connectivity index (χ0v) is 13.6. The average Bonchev–Trinajstić information content (AvgIpc) is 2.63. The van der Waals surface area contributed by atoms with Crippen LogP contribution >= 0.6 is 0 Å². The second-order valence-electron chi connectivity index (χ2n) is 5.32. The number of hydrogen-bond acceptors (Lipinski definition) is 4. The van der Waals surface area contributed by atoms with Crippen LogP contribution in [0.15, 0.2) is 104 Å². The van der Waals surface area contributed by atoms with E-state index in [0.29, 0.717) is 21.4 Å². The largest absolute Gasteiger partial charge is 0.324 e. The van der Waals surface area contributed by atoms with Gasteiger partial charge < -0.3 is 5.32 Å². The lowest BCUT2D eigenvalue weighted by Gasteiger charge is -2.18. The maximum Gasteiger partial charge on any atom is 0.236 e. The summed E-state index contributed by atoms with van der Waals surface area (Å²) < 4.78 is 18.2. The lowest BCUT2D eigenvalue weighted by atomic mass is 10.3. The third-order valence-electron chi connectivity index (χ3n) is 3.70. The quantitative estimate of drug-likeness (QED) is 0.740. The number of nitrogens with one attached hydrogen (secondary N) is 1. The highest BCUT2D eigenvalue weighted by Crippen LogP contribution is 2.34. The average molecular weight is 333 g/mol. The van der Waals surface area contributed by atoms with Gasteiger partial charge >= 0.3 is 0 Å². The monoisotopic (exact) mass is 333 g/mol. The summed E-state index contributed by atoms with van der Waals surface area (Å²) in [6, 6.07) is 26.4. The van der Waals surface area contributed by atoms with E-state index in [1.807, 2.05) is 84.9 Å². The second kappa shape index (κ2) is 5.94. The first-order valence-electron chi connectivity index (χ1n) is 7.58. The van der Waals surface area contributed by atoms with Crippen molar-refractivity contribution in [3.63, 3.8) is 0 Å². The second-order valence-corrected chi connectivity index (χ2v) is 7.47. The van der Waals surface area contributed by atoms with Crippen LogP contribution in [0.25, 0.3) is 0 Å². The summed E-state index contributed by atoms with van der Waals surface area (Å²) in [4.78, 5) is 5.85. The molecular weight excluding hydrogens is 318 g/mol. The molecule has 0 amide bonds. The molecule has 3 aromatic rings. The van der Waals surface area contributed by atoms with Crippen LogP contribution in [0.5, 0.6) is 0 Å². The first-order chi connectivity index (χ1) is 11.8. The molecule has 0 bridgehead atoms. The third-order valence-corrected chi connectivity index (χ3v) is 5.98. The fourth-order valence-electron chi connectivity index (χ4n) is 2.57. The van der Waals surface area contributed by atoms with Crippen molar-refractivity contribution in [1.82, 2.24) is 0 Å². The number of fused-ring (bicyclic) bond motifs is 1. The molecule has 0 radical (unpaired) electrons. The molecule has 1 N–H and O–H groups in total. The standard InChI is InChI=1S/C19H15N3OS/c23-24(16-11-5-2-6-12-16)18-14-8-7-13-17(18)21-19(22-24)20-15-9-3-1-4-10-15/h1-14H,(H,20,21,22,23). The van der Waals surface area contributed by atoms with Gasteiger partial charge in [0.2, 0.25) is 5.96 Å². The molecule has 1 aliphatic heterocycles. The predicted molar refractivity (Wildman–Crippen MR) is 97.1 cm³/mol. The van der Waals surface area contributed by atoms with Crippen molar-refractivity contribution in [2.24, 2.45) is 9.36 Å². The first-order valence-corrected chi connectivity index (χ1v) is 9.09. The number of aliphatic imine (C=N–C) groups is 1. The van der Waals surface area contributed by atoms with Gasteiger partial charge in [-0.25, -0.2) is 9.20 Å². The molecular formula is C19H15N3OS. The number of rotatable bonds is 2. The maximum atomic E-state index is 13.7. The summed E-state index contributed by atoms with van der Waals surface area (Å²) in [5.74, 6) is 0.355. The minimum Gasteiger partial charge on any atom is -0.324 e. The molecule has 4 rings (SSSR count). The van der Waals surface area contributed by atoms with Crippen molar-refractivity contribution in [2.75, 3.05) is 5.32 Å². The van der Waals surface area contributed by atoms with Crippen molar-refractivity contribution in [3.8, 4) is 0 Å². The van der Waals surface area contributed by atoms with E-state index < -0.39 is 9.73 Å². The summed E-state index contributed by atoms with van der Waals surface area (Å²) in [5, 5.41) is 3.15. The van der Waals surface area contributed by atoms with Gasteiger partial charge in [0.15, 0.2) is 0 Å². The van der Waals surface area contributed by atoms with E-state index in [-0.39, 0.29) is 0 Å². The van der Waals surface area contributed by atoms with Crippen LogP contribution < -0.4 is 5.32 Å². The van der Waals surface area contributed by atoms with Gasteiger partial charge in [0.1, 0.15) is 9.73 Å². The Morgan fingerprint density at radius 2 is 1.38 bits per heavy atom. The van der Waals surface area contributed by atoms with Gasteiger partial charge in [-0.05, 0) is 36.4 Å². The molecule has 24 heavy (non-hydrogen) atoms. The summed E-state index contributed by atoms with van der Waals surface area (Å²) in [7, 11) is -2.77. The fourth-order valence-corrected chi connectivity index (χ4v) is 4.55. The lowest BCUT2D eigenvalue weighted by Crippen LogP contribution is -2.17. The van der Waals surface area contributed by atoms with Gasteiger partial charge in [0.25, 0.3) is 0 Å². The van der Waals surface area contributed by atoms with E-state index in [4.69, 9.17) is 0 Å². The lowest BCUT2D eigenvalue weighted by molar-refractivity contribution is 0.676. The van der Waals surface area contributed by atoms with Crippen LogP contribution in [0, 0.1) is 0 Å². The Morgan fingerprint density at radius 1 is 0.750 bits per heavy atom. The SMILES string of the molecule is O=S1(c2ccccc2)=NC(Nc2ccccc2)=Nc2ccccc21. The molecule has 4 nitrogen and oxygen atoms in total. The predicted octanol–water partition coefficient (Wildman–Crippen LogP) is 4.69. The summed E-state index contributed by atoms with van der Waals surface area (Å²) in [5.41, 5.74) is 1.54. The molecule has 0 aliphatic carbocycles. The minimum absolute atomic E-state index is 0.355. The Labute approximate surface area is 141 Å². The number of guanidine groups is 1. The van der Waals surface area contributed by atoms with Crippen LogP contribution in [0.2, 0.25) is 0 Å². The molecule has 1 heterocycles. The van der Waals surface area contributed by atoms with E-state index in [1.54, 1.807) is 0 Å². The van der Waals surface area contributed by atoms with Crippen LogP contribution in [0.4, 0.5) is 11.4 Å². The van der Waals surface area contributed by atoms with E-state index in [0.717, 1.165) is 5.69 Å². The van der Waals surface area contributed by atoms with Crippen molar-refractivity contribution in [1.29, 1.82) is 0 Å². The fraction of sp³-hybridized carbons (Fsp3) is 0. The van der Waals surface area contributed by atoms with Gasteiger partial charge in [0.05, 0.1) is 15.5 Å². The highest BCUT2D eigenvalue weighted by Gasteiger charge is 2.24. The molecule has 0 aromatic heterocycles. The summed E-state index contributed by atoms with van der Waals surface area (Å²) in [6.45, 7) is 0. The van der Waals surface area contributed by atoms with Crippen molar-refractivity contribution >= 4 is 27.1 Å². The highest BCUT2D eigenvalue weighted by atomic mass is 32.2. The minimum atomic E-state index is -2.77. The van der Waals surface area contributed by atoms with Crippen LogP contribution in [-0.4, -0.2) is 10.2 Å². The van der Waals surface area contributed by atoms with Crippen molar-refractivity contribution in [2.45, 2.75) is 9.79 Å². The van der Waals surface area contributed by atoms with E-state index in [2.05, 4.69) is 14.7 Å². The van der Waals surface area contributed by atoms with Crippen molar-refractivity contribution < 1.29 is 4.21 Å². The molecule has 118 valence electrons. The number of para-hydroxylation sites is 2. The van der Waals surface area contributed by atoms with Gasteiger partial charge in [-0.3, -0.25) is 0 Å². The third kappa shape index (κ3) is 2.59. The maximum absolute atomic E-state index is 13.7. The van der Waals surface area contributed by atoms with Crippen LogP contribution in [-0.2, 0) is 9.73 Å². The van der Waals surface area contributed by atoms with E-state index in [1.165, 1.54) is 0 Å². The van der Waals surface area contributed by atoms with Gasteiger partial charge in [-0.1, -0.05) is 48.5 Å². The highest BCUT2D eigenvalue weighted by molar-refractivity contribution is 7.94. The van der Waals surface area contributed by atoms with Gasteiger partial charge in [-0.15, -0.1) is 0 Å². The normalized spacial score (nSPS) is 18.9. The Kier molecular flexibility index (Phi) is 3.63. The van der Waals surface area contributed by atoms with Gasteiger partial charge in [0, 0.05) is 5.69 Å². The molecule has 1 aliphatic rings. The Balaban J connectivity index is 1.89. The molecule has 1 atom stereocenters. The first kappa shape index (κ1) is 14.7.